The molecule has 0 saturated heterocycles. The van der Waals surface area contributed by atoms with E-state index in [4.69, 9.17) is 11.6 Å². The molecule has 0 saturated carbocycles. The number of halogens is 2. The van der Waals surface area contributed by atoms with E-state index in [2.05, 4.69) is 19.2 Å². The number of nitrogens with one attached hydrogen (secondary N) is 1. The molecule has 1 atom stereocenters. The lowest BCUT2D eigenvalue weighted by Gasteiger charge is -2.22. The van der Waals surface area contributed by atoms with Crippen molar-refractivity contribution in [3.05, 3.63) is 34.6 Å². The van der Waals surface area contributed by atoms with Gasteiger partial charge >= 0.3 is 0 Å². The minimum atomic E-state index is -0.339. The smallest absolute Gasteiger partial charge is 0.142 e. The summed E-state index contributed by atoms with van der Waals surface area (Å²) < 4.78 is 13.4. The summed E-state index contributed by atoms with van der Waals surface area (Å²) in [6.45, 7) is 4.40. The first kappa shape index (κ1) is 14.5. The van der Waals surface area contributed by atoms with E-state index in [1.54, 1.807) is 6.07 Å². The van der Waals surface area contributed by atoms with Gasteiger partial charge in [0, 0.05) is 6.04 Å². The van der Waals surface area contributed by atoms with Gasteiger partial charge in [-0.15, -0.1) is 0 Å². The van der Waals surface area contributed by atoms with Gasteiger partial charge in [-0.1, -0.05) is 44.4 Å². The summed E-state index contributed by atoms with van der Waals surface area (Å²) in [4.78, 5) is 0. The zero-order valence-electron chi connectivity index (χ0n) is 10.8. The quantitative estimate of drug-likeness (QED) is 0.787. The molecule has 0 heterocycles. The topological polar surface area (TPSA) is 12.0 Å². The Morgan fingerprint density at radius 2 is 1.94 bits per heavy atom. The molecular formula is C14H21ClFN. The Labute approximate surface area is 108 Å². The van der Waals surface area contributed by atoms with Gasteiger partial charge in [-0.3, -0.25) is 0 Å². The van der Waals surface area contributed by atoms with Gasteiger partial charge in [0.2, 0.25) is 0 Å². The van der Waals surface area contributed by atoms with Crippen LogP contribution in [0.1, 0.15) is 44.7 Å². The first-order valence-electron chi connectivity index (χ1n) is 6.24. The molecule has 0 radical (unpaired) electrons. The highest BCUT2D eigenvalue weighted by atomic mass is 35.5. The van der Waals surface area contributed by atoms with E-state index in [0.717, 1.165) is 24.8 Å². The highest BCUT2D eigenvalue weighted by Gasteiger charge is 2.15. The Hall–Kier alpha value is -0.600. The van der Waals surface area contributed by atoms with E-state index < -0.39 is 0 Å². The van der Waals surface area contributed by atoms with Crippen molar-refractivity contribution < 1.29 is 4.39 Å². The average molecular weight is 258 g/mol. The lowest BCUT2D eigenvalue weighted by Crippen LogP contribution is -2.19. The zero-order valence-corrected chi connectivity index (χ0v) is 11.5. The van der Waals surface area contributed by atoms with E-state index >= 15 is 0 Å². The molecule has 0 spiro atoms. The Kier molecular flexibility index (Phi) is 5.93. The summed E-state index contributed by atoms with van der Waals surface area (Å²) in [6, 6.07) is 5.26. The van der Waals surface area contributed by atoms with E-state index in [9.17, 15) is 4.39 Å². The zero-order chi connectivity index (χ0) is 12.8. The molecule has 0 aromatic heterocycles. The molecule has 1 N–H and O–H groups in total. The molecule has 1 unspecified atom stereocenters. The lowest BCUT2D eigenvalue weighted by atomic mass is 9.91. The molecule has 0 aliphatic carbocycles. The highest BCUT2D eigenvalue weighted by molar-refractivity contribution is 6.30. The number of rotatable bonds is 6. The fourth-order valence-electron chi connectivity index (χ4n) is 2.11. The van der Waals surface area contributed by atoms with Crippen molar-refractivity contribution in [1.82, 2.24) is 5.32 Å². The van der Waals surface area contributed by atoms with Crippen LogP contribution in [0.3, 0.4) is 0 Å². The molecule has 1 aromatic carbocycles. The van der Waals surface area contributed by atoms with Crippen molar-refractivity contribution in [2.45, 2.75) is 39.2 Å². The van der Waals surface area contributed by atoms with Gasteiger partial charge in [-0.25, -0.2) is 4.39 Å². The van der Waals surface area contributed by atoms with Crippen LogP contribution in [0.2, 0.25) is 5.02 Å². The third-order valence-electron chi connectivity index (χ3n) is 3.42. The van der Waals surface area contributed by atoms with Crippen LogP contribution in [0.5, 0.6) is 0 Å². The van der Waals surface area contributed by atoms with Crippen LogP contribution in [0.15, 0.2) is 18.2 Å². The van der Waals surface area contributed by atoms with Crippen LogP contribution in [0, 0.1) is 11.7 Å². The summed E-state index contributed by atoms with van der Waals surface area (Å²) >= 11 is 5.69. The van der Waals surface area contributed by atoms with Gasteiger partial charge in [-0.2, -0.15) is 0 Å². The van der Waals surface area contributed by atoms with E-state index in [1.165, 1.54) is 6.07 Å². The molecule has 0 aliphatic heterocycles. The molecular weight excluding hydrogens is 237 g/mol. The highest BCUT2D eigenvalue weighted by Crippen LogP contribution is 2.27. The molecule has 0 aliphatic rings. The third kappa shape index (κ3) is 3.97. The second-order valence-electron chi connectivity index (χ2n) is 4.43. The van der Waals surface area contributed by atoms with Crippen molar-refractivity contribution in [1.29, 1.82) is 0 Å². The minimum Gasteiger partial charge on any atom is -0.313 e. The second-order valence-corrected chi connectivity index (χ2v) is 4.84. The monoisotopic (exact) mass is 257 g/mol. The molecule has 1 aromatic rings. The standard InChI is InChI=1S/C14H21ClFN/c1-4-10(5-2)8-14(17-3)11-6-7-12(15)13(16)9-11/h6-7,9-10,14,17H,4-5,8H2,1-3H3. The van der Waals surface area contributed by atoms with Crippen LogP contribution in [0.4, 0.5) is 4.39 Å². The first-order chi connectivity index (χ1) is 8.12. The van der Waals surface area contributed by atoms with Crippen LogP contribution >= 0.6 is 11.6 Å². The van der Waals surface area contributed by atoms with Crippen molar-refractivity contribution in [2.24, 2.45) is 5.92 Å². The van der Waals surface area contributed by atoms with E-state index in [1.807, 2.05) is 13.1 Å². The second kappa shape index (κ2) is 6.97. The number of hydrogen-bond acceptors (Lipinski definition) is 1. The van der Waals surface area contributed by atoms with Crippen LogP contribution < -0.4 is 5.32 Å². The van der Waals surface area contributed by atoms with Gasteiger partial charge in [0.05, 0.1) is 5.02 Å². The lowest BCUT2D eigenvalue weighted by molar-refractivity contribution is 0.384. The molecule has 96 valence electrons. The average Bonchev–Trinajstić information content (AvgIpc) is 2.35. The predicted molar refractivity (Wildman–Crippen MR) is 71.9 cm³/mol. The molecule has 0 fully saturated rings. The Bertz CT molecular complexity index is 350. The summed E-state index contributed by atoms with van der Waals surface area (Å²) in [6.07, 6.45) is 3.35. The molecule has 1 rings (SSSR count). The first-order valence-corrected chi connectivity index (χ1v) is 6.62. The van der Waals surface area contributed by atoms with Gasteiger partial charge < -0.3 is 5.32 Å². The van der Waals surface area contributed by atoms with Crippen molar-refractivity contribution >= 4 is 11.6 Å². The van der Waals surface area contributed by atoms with Gasteiger partial charge in [0.25, 0.3) is 0 Å². The van der Waals surface area contributed by atoms with Crippen molar-refractivity contribution in [2.75, 3.05) is 7.05 Å². The maximum absolute atomic E-state index is 13.4. The molecule has 0 bridgehead atoms. The van der Waals surface area contributed by atoms with E-state index in [0.29, 0.717) is 5.92 Å². The minimum absolute atomic E-state index is 0.186. The van der Waals surface area contributed by atoms with Crippen LogP contribution in [-0.4, -0.2) is 7.05 Å². The normalized spacial score (nSPS) is 13.1. The summed E-state index contributed by atoms with van der Waals surface area (Å²) in [5.74, 6) is 0.333. The molecule has 17 heavy (non-hydrogen) atoms. The van der Waals surface area contributed by atoms with Gasteiger partial charge in [0.15, 0.2) is 0 Å². The third-order valence-corrected chi connectivity index (χ3v) is 3.72. The fourth-order valence-corrected chi connectivity index (χ4v) is 2.22. The SMILES string of the molecule is CCC(CC)CC(NC)c1ccc(Cl)c(F)c1. The summed E-state index contributed by atoms with van der Waals surface area (Å²) in [7, 11) is 1.92. The molecule has 3 heteroatoms. The molecule has 0 amide bonds. The van der Waals surface area contributed by atoms with Crippen molar-refractivity contribution in [3.8, 4) is 0 Å². The van der Waals surface area contributed by atoms with Gasteiger partial charge in [-0.05, 0) is 37.1 Å². The van der Waals surface area contributed by atoms with E-state index in [-0.39, 0.29) is 16.9 Å². The fraction of sp³-hybridized carbons (Fsp3) is 0.571. The summed E-state index contributed by atoms with van der Waals surface area (Å²) in [5.41, 5.74) is 0.973. The van der Waals surface area contributed by atoms with Crippen LogP contribution in [0.25, 0.3) is 0 Å². The maximum Gasteiger partial charge on any atom is 0.142 e. The van der Waals surface area contributed by atoms with Crippen LogP contribution in [-0.2, 0) is 0 Å². The Morgan fingerprint density at radius 3 is 2.41 bits per heavy atom. The van der Waals surface area contributed by atoms with Crippen molar-refractivity contribution in [3.63, 3.8) is 0 Å². The number of hydrogen-bond donors (Lipinski definition) is 1. The number of benzene rings is 1. The molecule has 1 nitrogen and oxygen atoms in total. The Morgan fingerprint density at radius 1 is 1.29 bits per heavy atom. The van der Waals surface area contributed by atoms with Gasteiger partial charge in [0.1, 0.15) is 5.82 Å². The predicted octanol–water partition coefficient (Wildman–Crippen LogP) is 4.57. The maximum atomic E-state index is 13.4. The largest absolute Gasteiger partial charge is 0.313 e. The Balaban J connectivity index is 2.82. The summed E-state index contributed by atoms with van der Waals surface area (Å²) in [5, 5.41) is 3.44.